The van der Waals surface area contributed by atoms with Gasteiger partial charge in [0.05, 0.1) is 11.5 Å². The maximum Gasteiger partial charge on any atom is 0.416 e. The molecule has 0 radical (unpaired) electrons. The fourth-order valence-corrected chi connectivity index (χ4v) is 5.64. The summed E-state index contributed by atoms with van der Waals surface area (Å²) in [5.41, 5.74) is 0.839. The summed E-state index contributed by atoms with van der Waals surface area (Å²) in [6, 6.07) is 4.37. The van der Waals surface area contributed by atoms with Gasteiger partial charge in [-0.05, 0) is 80.4 Å². The van der Waals surface area contributed by atoms with Gasteiger partial charge >= 0.3 is 12.1 Å². The number of carboxylic acid groups (broad SMARTS) is 1. The first-order valence-corrected chi connectivity index (χ1v) is 11.7. The molecule has 1 N–H and O–H groups in total. The highest BCUT2D eigenvalue weighted by Crippen LogP contribution is 2.41. The average Bonchev–Trinajstić information content (AvgIpc) is 3.15. The molecule has 3 aliphatic rings. The number of benzene rings is 1. The number of carbonyl (C=O) groups excluding carboxylic acids is 1. The van der Waals surface area contributed by atoms with Gasteiger partial charge in [0, 0.05) is 32.7 Å². The first-order chi connectivity index (χ1) is 15.7. The van der Waals surface area contributed by atoms with E-state index in [0.717, 1.165) is 51.9 Å². The Kier molecular flexibility index (Phi) is 7.00. The Bertz CT molecular complexity index is 860. The molecule has 3 fully saturated rings. The van der Waals surface area contributed by atoms with Crippen LogP contribution in [0.25, 0.3) is 0 Å². The van der Waals surface area contributed by atoms with Crippen molar-refractivity contribution in [3.8, 4) is 0 Å². The van der Waals surface area contributed by atoms with E-state index < -0.39 is 17.7 Å². The van der Waals surface area contributed by atoms with Gasteiger partial charge in [0.1, 0.15) is 0 Å². The number of amides is 1. The molecule has 0 unspecified atom stereocenters. The highest BCUT2D eigenvalue weighted by Gasteiger charge is 2.40. The Morgan fingerprint density at radius 1 is 0.970 bits per heavy atom. The predicted octanol–water partition coefficient (Wildman–Crippen LogP) is 3.45. The van der Waals surface area contributed by atoms with E-state index in [1.54, 1.807) is 4.90 Å². The van der Waals surface area contributed by atoms with Crippen LogP contribution in [0.15, 0.2) is 18.2 Å². The van der Waals surface area contributed by atoms with Gasteiger partial charge in [-0.25, -0.2) is 0 Å². The maximum atomic E-state index is 13.6. The van der Waals surface area contributed by atoms with E-state index in [4.69, 9.17) is 5.11 Å². The minimum absolute atomic E-state index is 0.165. The number of rotatable bonds is 6. The molecule has 0 saturated carbocycles. The van der Waals surface area contributed by atoms with Crippen LogP contribution in [0.2, 0.25) is 0 Å². The SMILES string of the molecule is O=CN1CCC2(CC1)CCN(Cc1cc(CN3CCC(C(=O)O)CC3)cc(C(F)(F)F)c1)C2. The fourth-order valence-electron chi connectivity index (χ4n) is 5.64. The molecule has 1 amide bonds. The van der Waals surface area contributed by atoms with Crippen molar-refractivity contribution in [1.29, 1.82) is 0 Å². The first-order valence-electron chi connectivity index (χ1n) is 11.7. The van der Waals surface area contributed by atoms with Crippen molar-refractivity contribution in [3.63, 3.8) is 0 Å². The summed E-state index contributed by atoms with van der Waals surface area (Å²) in [6.45, 7) is 5.26. The second kappa shape index (κ2) is 9.62. The van der Waals surface area contributed by atoms with Gasteiger partial charge in [0.25, 0.3) is 0 Å². The van der Waals surface area contributed by atoms with Crippen LogP contribution in [0.5, 0.6) is 0 Å². The van der Waals surface area contributed by atoms with Crippen LogP contribution in [-0.2, 0) is 28.9 Å². The van der Waals surface area contributed by atoms with Crippen molar-refractivity contribution < 1.29 is 27.9 Å². The highest BCUT2D eigenvalue weighted by molar-refractivity contribution is 5.70. The van der Waals surface area contributed by atoms with E-state index in [0.29, 0.717) is 50.1 Å². The van der Waals surface area contributed by atoms with Crippen molar-refractivity contribution in [3.05, 3.63) is 34.9 Å². The zero-order valence-electron chi connectivity index (χ0n) is 18.8. The molecule has 9 heteroatoms. The monoisotopic (exact) mass is 467 g/mol. The van der Waals surface area contributed by atoms with Gasteiger partial charge in [-0.15, -0.1) is 0 Å². The standard InChI is InChI=1S/C24H32F3N3O3/c25-24(26,27)21-12-18(14-28-6-1-20(2-7-28)22(32)33)11-19(13-21)15-30-10-5-23(16-30)3-8-29(17-31)9-4-23/h11-13,17,20H,1-10,14-16H2,(H,32,33). The van der Waals surface area contributed by atoms with Crippen molar-refractivity contribution in [2.75, 3.05) is 39.3 Å². The van der Waals surface area contributed by atoms with Gasteiger partial charge in [-0.3, -0.25) is 19.4 Å². The summed E-state index contributed by atoms with van der Waals surface area (Å²) in [5.74, 6) is -1.16. The van der Waals surface area contributed by atoms with Gasteiger partial charge in [-0.2, -0.15) is 13.2 Å². The second-order valence-corrected chi connectivity index (χ2v) is 10.0. The summed E-state index contributed by atoms with van der Waals surface area (Å²) in [7, 11) is 0. The average molecular weight is 468 g/mol. The Hall–Kier alpha value is -2.13. The molecule has 0 aromatic heterocycles. The van der Waals surface area contributed by atoms with Crippen molar-refractivity contribution in [1.82, 2.24) is 14.7 Å². The van der Waals surface area contributed by atoms with Gasteiger partial charge in [-0.1, -0.05) is 6.07 Å². The molecule has 0 bridgehead atoms. The zero-order valence-corrected chi connectivity index (χ0v) is 18.8. The molecular formula is C24H32F3N3O3. The first kappa shape index (κ1) is 24.0. The fraction of sp³-hybridized carbons (Fsp3) is 0.667. The molecule has 3 saturated heterocycles. The number of alkyl halides is 3. The number of likely N-dealkylation sites (tertiary alicyclic amines) is 3. The quantitative estimate of drug-likeness (QED) is 0.650. The van der Waals surface area contributed by atoms with E-state index in [1.165, 1.54) is 12.1 Å². The minimum Gasteiger partial charge on any atom is -0.481 e. The summed E-state index contributed by atoms with van der Waals surface area (Å²) < 4.78 is 40.8. The molecule has 0 aliphatic carbocycles. The van der Waals surface area contributed by atoms with E-state index in [1.807, 2.05) is 11.0 Å². The Morgan fingerprint density at radius 2 is 1.55 bits per heavy atom. The molecular weight excluding hydrogens is 435 g/mol. The maximum absolute atomic E-state index is 13.6. The van der Waals surface area contributed by atoms with E-state index in [9.17, 15) is 22.8 Å². The van der Waals surface area contributed by atoms with Crippen LogP contribution in [0.3, 0.4) is 0 Å². The molecule has 3 aliphatic heterocycles. The third kappa shape index (κ3) is 5.87. The van der Waals surface area contributed by atoms with Crippen molar-refractivity contribution in [2.45, 2.75) is 51.4 Å². The number of carboxylic acids is 1. The number of carbonyl (C=O) groups is 2. The normalized spacial score (nSPS) is 22.7. The van der Waals surface area contributed by atoms with Crippen molar-refractivity contribution in [2.24, 2.45) is 11.3 Å². The molecule has 6 nitrogen and oxygen atoms in total. The molecule has 1 aromatic rings. The molecule has 0 atom stereocenters. The predicted molar refractivity (Wildman–Crippen MR) is 116 cm³/mol. The van der Waals surface area contributed by atoms with Gasteiger partial charge in [0.2, 0.25) is 6.41 Å². The Balaban J connectivity index is 1.42. The Morgan fingerprint density at radius 3 is 2.09 bits per heavy atom. The molecule has 1 spiro atoms. The number of nitrogens with zero attached hydrogens (tertiary/aromatic N) is 3. The minimum atomic E-state index is -4.41. The second-order valence-electron chi connectivity index (χ2n) is 10.0. The lowest BCUT2D eigenvalue weighted by atomic mass is 9.78. The van der Waals surface area contributed by atoms with Gasteiger partial charge < -0.3 is 10.0 Å². The lowest BCUT2D eigenvalue weighted by Crippen LogP contribution is -2.40. The number of piperidine rings is 2. The lowest BCUT2D eigenvalue weighted by molar-refractivity contribution is -0.143. The molecule has 4 rings (SSSR count). The van der Waals surface area contributed by atoms with E-state index >= 15 is 0 Å². The van der Waals surface area contributed by atoms with Crippen LogP contribution in [0.4, 0.5) is 13.2 Å². The number of halogens is 3. The third-order valence-electron chi connectivity index (χ3n) is 7.65. The van der Waals surface area contributed by atoms with Crippen LogP contribution in [0.1, 0.15) is 48.8 Å². The molecule has 182 valence electrons. The van der Waals surface area contributed by atoms with E-state index in [2.05, 4.69) is 4.90 Å². The summed E-state index contributed by atoms with van der Waals surface area (Å²) in [4.78, 5) is 28.2. The van der Waals surface area contributed by atoms with Crippen LogP contribution < -0.4 is 0 Å². The van der Waals surface area contributed by atoms with Crippen molar-refractivity contribution >= 4 is 12.4 Å². The molecule has 3 heterocycles. The Labute approximate surface area is 192 Å². The number of aliphatic carboxylic acids is 1. The van der Waals surface area contributed by atoms with E-state index in [-0.39, 0.29) is 11.3 Å². The summed E-state index contributed by atoms with van der Waals surface area (Å²) in [5, 5.41) is 9.16. The largest absolute Gasteiger partial charge is 0.481 e. The number of hydrogen-bond acceptors (Lipinski definition) is 4. The smallest absolute Gasteiger partial charge is 0.416 e. The summed E-state index contributed by atoms with van der Waals surface area (Å²) >= 11 is 0. The highest BCUT2D eigenvalue weighted by atomic mass is 19.4. The third-order valence-corrected chi connectivity index (χ3v) is 7.65. The zero-order chi connectivity index (χ0) is 23.6. The van der Waals surface area contributed by atoms with Crippen LogP contribution in [-0.4, -0.2) is 71.5 Å². The topological polar surface area (TPSA) is 64.1 Å². The molecule has 33 heavy (non-hydrogen) atoms. The van der Waals surface area contributed by atoms with Crippen LogP contribution in [0, 0.1) is 11.3 Å². The van der Waals surface area contributed by atoms with Gasteiger partial charge in [0.15, 0.2) is 0 Å². The lowest BCUT2D eigenvalue weighted by Gasteiger charge is -2.37. The molecule has 1 aromatic carbocycles. The summed E-state index contributed by atoms with van der Waals surface area (Å²) in [6.07, 6.45) is 0.453. The van der Waals surface area contributed by atoms with Crippen LogP contribution >= 0.6 is 0 Å². The number of hydrogen-bond donors (Lipinski definition) is 1.